The maximum atomic E-state index is 12.1. The summed E-state index contributed by atoms with van der Waals surface area (Å²) in [6.07, 6.45) is 0. The van der Waals surface area contributed by atoms with Crippen LogP contribution in [0.3, 0.4) is 0 Å². The Kier molecular flexibility index (Phi) is 4.33. The van der Waals surface area contributed by atoms with Crippen molar-refractivity contribution in [2.75, 3.05) is 7.11 Å². The van der Waals surface area contributed by atoms with Gasteiger partial charge in [0.05, 0.1) is 12.7 Å². The number of carbonyl (C=O) groups is 1. The molecule has 0 aliphatic heterocycles. The van der Waals surface area contributed by atoms with Gasteiger partial charge in [0.25, 0.3) is 0 Å². The van der Waals surface area contributed by atoms with E-state index in [2.05, 4.69) is 4.18 Å². The van der Waals surface area contributed by atoms with Gasteiger partial charge < -0.3 is 8.92 Å². The quantitative estimate of drug-likeness (QED) is 0.796. The monoisotopic (exact) mass is 282 g/mol. The Bertz CT molecular complexity index is 485. The first-order chi connectivity index (χ1) is 8.25. The summed E-state index contributed by atoms with van der Waals surface area (Å²) >= 11 is -3.52. The predicted octanol–water partition coefficient (Wildman–Crippen LogP) is 2.46. The Morgan fingerprint density at radius 1 is 1.33 bits per heavy atom. The van der Waals surface area contributed by atoms with Crippen LogP contribution in [0.5, 0.6) is 11.5 Å². The van der Waals surface area contributed by atoms with Crippen LogP contribution < -0.4 is 8.92 Å². The molecule has 0 aliphatic carbocycles. The van der Waals surface area contributed by atoms with Crippen molar-refractivity contribution in [1.82, 2.24) is 0 Å². The largest absolute Gasteiger partial charge is 0.508 e. The van der Waals surface area contributed by atoms with Crippen molar-refractivity contribution in [3.05, 3.63) is 23.8 Å². The number of rotatable bonds is 4. The van der Waals surface area contributed by atoms with E-state index in [0.29, 0.717) is 0 Å². The summed E-state index contributed by atoms with van der Waals surface area (Å²) in [6.45, 7) is 1.15. The Morgan fingerprint density at radius 2 is 1.94 bits per heavy atom. The average molecular weight is 282 g/mol. The zero-order valence-electron chi connectivity index (χ0n) is 9.41. The lowest BCUT2D eigenvalue weighted by Crippen LogP contribution is -2.21. The van der Waals surface area contributed by atoms with E-state index in [0.717, 1.165) is 13.0 Å². The second kappa shape index (κ2) is 5.38. The minimum Gasteiger partial charge on any atom is -0.497 e. The van der Waals surface area contributed by atoms with Gasteiger partial charge in [-0.05, 0) is 25.1 Å². The molecule has 0 aromatic heterocycles. The van der Waals surface area contributed by atoms with E-state index < -0.39 is 28.1 Å². The molecule has 1 unspecified atom stereocenters. The summed E-state index contributed by atoms with van der Waals surface area (Å²) in [7, 11) is 1.34. The third-order valence-corrected chi connectivity index (χ3v) is 2.63. The highest BCUT2D eigenvalue weighted by Crippen LogP contribution is 2.29. The topological polar surface area (TPSA) is 52.6 Å². The molecule has 0 heterocycles. The molecule has 0 saturated carbocycles. The molecular weight excluding hydrogens is 273 g/mol. The second-order valence-corrected chi connectivity index (χ2v) is 4.28. The first kappa shape index (κ1) is 14.5. The lowest BCUT2D eigenvalue weighted by atomic mass is 10.1. The number of alkyl halides is 3. The van der Waals surface area contributed by atoms with Crippen molar-refractivity contribution >= 4 is 16.9 Å². The zero-order valence-corrected chi connectivity index (χ0v) is 10.2. The number of benzene rings is 1. The van der Waals surface area contributed by atoms with E-state index >= 15 is 0 Å². The first-order valence-electron chi connectivity index (χ1n) is 4.61. The zero-order chi connectivity index (χ0) is 13.9. The predicted molar refractivity (Wildman–Crippen MR) is 57.8 cm³/mol. The van der Waals surface area contributed by atoms with Gasteiger partial charge in [0.1, 0.15) is 5.75 Å². The van der Waals surface area contributed by atoms with E-state index in [9.17, 15) is 22.2 Å². The summed E-state index contributed by atoms with van der Waals surface area (Å²) in [5, 5.41) is 0. The maximum Gasteiger partial charge on any atom is 0.508 e. The van der Waals surface area contributed by atoms with Gasteiger partial charge in [0.2, 0.25) is 0 Å². The fraction of sp³-hybridized carbons (Fsp3) is 0.300. The summed E-state index contributed by atoms with van der Waals surface area (Å²) in [5.41, 5.74) is -5.14. The molecule has 0 aliphatic rings. The van der Waals surface area contributed by atoms with Crippen molar-refractivity contribution in [3.63, 3.8) is 0 Å². The van der Waals surface area contributed by atoms with Gasteiger partial charge in [-0.3, -0.25) is 4.79 Å². The fourth-order valence-corrected chi connectivity index (χ4v) is 1.52. The fourth-order valence-electron chi connectivity index (χ4n) is 1.11. The SMILES string of the molecule is COc1ccc(OS(=O)C(F)(F)F)c(C(C)=O)c1. The number of Topliss-reactive ketones (excluding diaryl/α,β-unsaturated/α-hetero) is 1. The van der Waals surface area contributed by atoms with E-state index in [1.165, 1.54) is 19.2 Å². The Labute approximate surface area is 103 Å². The molecule has 0 amide bonds. The Hall–Kier alpha value is -1.57. The lowest BCUT2D eigenvalue weighted by Gasteiger charge is -2.11. The van der Waals surface area contributed by atoms with E-state index in [1.54, 1.807) is 0 Å². The molecule has 1 rings (SSSR count). The molecule has 0 N–H and O–H groups in total. The molecule has 0 radical (unpaired) electrons. The molecule has 1 aromatic rings. The van der Waals surface area contributed by atoms with Gasteiger partial charge in [-0.15, -0.1) is 0 Å². The average Bonchev–Trinajstić information content (AvgIpc) is 2.27. The van der Waals surface area contributed by atoms with Crippen molar-refractivity contribution in [3.8, 4) is 11.5 Å². The standard InChI is InChI=1S/C10H9F3O4S/c1-6(14)8-5-7(16-2)3-4-9(8)17-18(15)10(11,12)13/h3-5H,1-2H3. The van der Waals surface area contributed by atoms with E-state index in [-0.39, 0.29) is 11.3 Å². The van der Waals surface area contributed by atoms with Gasteiger partial charge in [-0.1, -0.05) is 0 Å². The molecule has 18 heavy (non-hydrogen) atoms. The summed E-state index contributed by atoms with van der Waals surface area (Å²) < 4.78 is 56.1. The third-order valence-electron chi connectivity index (χ3n) is 1.92. The number of ketones is 1. The van der Waals surface area contributed by atoms with Gasteiger partial charge in [0, 0.05) is 0 Å². The molecule has 0 fully saturated rings. The number of carbonyl (C=O) groups excluding carboxylic acids is 1. The summed E-state index contributed by atoms with van der Waals surface area (Å²) in [5.74, 6) is -0.646. The van der Waals surface area contributed by atoms with E-state index in [1.807, 2.05) is 0 Å². The highest BCUT2D eigenvalue weighted by atomic mass is 32.2. The van der Waals surface area contributed by atoms with Crippen LogP contribution in [0.25, 0.3) is 0 Å². The molecule has 0 bridgehead atoms. The van der Waals surface area contributed by atoms with Crippen LogP contribution >= 0.6 is 0 Å². The minimum absolute atomic E-state index is 0.132. The van der Waals surface area contributed by atoms with Gasteiger partial charge in [-0.2, -0.15) is 13.2 Å². The maximum absolute atomic E-state index is 12.1. The molecule has 1 aromatic carbocycles. The molecule has 1 atom stereocenters. The van der Waals surface area contributed by atoms with Crippen LogP contribution in [0.1, 0.15) is 17.3 Å². The van der Waals surface area contributed by atoms with Gasteiger partial charge in [0.15, 0.2) is 11.5 Å². The number of hydrogen-bond donors (Lipinski definition) is 0. The first-order valence-corrected chi connectivity index (χ1v) is 5.69. The molecule has 0 spiro atoms. The highest BCUT2D eigenvalue weighted by molar-refractivity contribution is 7.81. The van der Waals surface area contributed by atoms with Gasteiger partial charge >= 0.3 is 16.6 Å². The summed E-state index contributed by atoms with van der Waals surface area (Å²) in [4.78, 5) is 11.2. The normalized spacial score (nSPS) is 12.9. The minimum atomic E-state index is -5.01. The van der Waals surface area contributed by atoms with Crippen LogP contribution in [0, 0.1) is 0 Å². The Morgan fingerprint density at radius 3 is 2.39 bits per heavy atom. The number of hydrogen-bond acceptors (Lipinski definition) is 4. The highest BCUT2D eigenvalue weighted by Gasteiger charge is 2.40. The van der Waals surface area contributed by atoms with Crippen LogP contribution in [-0.4, -0.2) is 22.6 Å². The van der Waals surface area contributed by atoms with Crippen molar-refractivity contribution in [1.29, 1.82) is 0 Å². The van der Waals surface area contributed by atoms with Crippen LogP contribution in [0.2, 0.25) is 0 Å². The van der Waals surface area contributed by atoms with Crippen LogP contribution in [0.15, 0.2) is 18.2 Å². The van der Waals surface area contributed by atoms with Crippen molar-refractivity contribution in [2.45, 2.75) is 12.4 Å². The van der Waals surface area contributed by atoms with Crippen molar-refractivity contribution < 1.29 is 31.1 Å². The van der Waals surface area contributed by atoms with Crippen molar-refractivity contribution in [2.24, 2.45) is 0 Å². The summed E-state index contributed by atoms with van der Waals surface area (Å²) in [6, 6.07) is 3.61. The smallest absolute Gasteiger partial charge is 0.497 e. The van der Waals surface area contributed by atoms with Crippen LogP contribution in [-0.2, 0) is 11.1 Å². The molecule has 4 nitrogen and oxygen atoms in total. The van der Waals surface area contributed by atoms with E-state index in [4.69, 9.17) is 4.74 Å². The molecule has 0 saturated heterocycles. The Balaban J connectivity index is 3.09. The molecule has 100 valence electrons. The van der Waals surface area contributed by atoms with Crippen LogP contribution in [0.4, 0.5) is 13.2 Å². The number of ether oxygens (including phenoxy) is 1. The second-order valence-electron chi connectivity index (χ2n) is 3.18. The van der Waals surface area contributed by atoms with Gasteiger partial charge in [-0.25, -0.2) is 4.21 Å². The number of halogens is 3. The number of methoxy groups -OCH3 is 1. The molecule has 8 heteroatoms. The lowest BCUT2D eigenvalue weighted by molar-refractivity contribution is -0.0437. The molecular formula is C10H9F3O4S. The third kappa shape index (κ3) is 3.46.